The molecular weight excluding hydrogens is 685 g/mol. The molecule has 0 saturated carbocycles. The molecule has 0 fully saturated rings. The normalized spacial score (nSPS) is 11.6. The summed E-state index contributed by atoms with van der Waals surface area (Å²) in [6, 6.07) is 67.7. The van der Waals surface area contributed by atoms with E-state index in [4.69, 9.17) is 19.4 Å². The van der Waals surface area contributed by atoms with Gasteiger partial charge in [-0.05, 0) is 70.8 Å². The molecule has 0 aliphatic heterocycles. The Morgan fingerprint density at radius 1 is 0.304 bits per heavy atom. The van der Waals surface area contributed by atoms with Crippen LogP contribution in [0.3, 0.4) is 0 Å². The van der Waals surface area contributed by atoms with E-state index in [1.807, 2.05) is 72.8 Å². The van der Waals surface area contributed by atoms with Crippen molar-refractivity contribution < 1.29 is 4.42 Å². The van der Waals surface area contributed by atoms with E-state index in [2.05, 4.69) is 126 Å². The van der Waals surface area contributed by atoms with E-state index in [-0.39, 0.29) is 0 Å². The Kier molecular flexibility index (Phi) is 7.42. The third-order valence-electron chi connectivity index (χ3n) is 10.7. The fraction of sp³-hybridized carbons (Fsp3) is 0. The minimum absolute atomic E-state index is 0.640. The molecule has 11 aromatic rings. The van der Waals surface area contributed by atoms with Gasteiger partial charge in [0.2, 0.25) is 0 Å². The number of fused-ring (bicyclic) bond motifs is 6. The molecule has 11 rings (SSSR count). The van der Waals surface area contributed by atoms with Crippen LogP contribution in [0.2, 0.25) is 0 Å². The Morgan fingerprint density at radius 3 is 1.50 bits per heavy atom. The number of para-hydroxylation sites is 2. The zero-order valence-electron chi connectivity index (χ0n) is 30.2. The second-order valence-electron chi connectivity index (χ2n) is 14.1. The summed E-state index contributed by atoms with van der Waals surface area (Å²) >= 11 is 0. The van der Waals surface area contributed by atoms with Crippen molar-refractivity contribution >= 4 is 43.7 Å². The smallest absolute Gasteiger partial charge is 0.164 e. The molecule has 262 valence electrons. The van der Waals surface area contributed by atoms with Gasteiger partial charge >= 0.3 is 0 Å². The number of hydrogen-bond donors (Lipinski definition) is 0. The van der Waals surface area contributed by atoms with Gasteiger partial charge in [-0.15, -0.1) is 0 Å². The van der Waals surface area contributed by atoms with Crippen molar-refractivity contribution in [2.75, 3.05) is 0 Å². The van der Waals surface area contributed by atoms with Gasteiger partial charge in [0.1, 0.15) is 11.2 Å². The molecule has 0 aliphatic rings. The molecule has 0 unspecified atom stereocenters. The van der Waals surface area contributed by atoms with Gasteiger partial charge < -0.3 is 8.98 Å². The molecule has 56 heavy (non-hydrogen) atoms. The first-order valence-electron chi connectivity index (χ1n) is 18.8. The highest BCUT2D eigenvalue weighted by Gasteiger charge is 2.16. The highest BCUT2D eigenvalue weighted by molar-refractivity contribution is 6.11. The van der Waals surface area contributed by atoms with Crippen LogP contribution in [-0.4, -0.2) is 19.5 Å². The van der Waals surface area contributed by atoms with Gasteiger partial charge in [0.05, 0.1) is 11.0 Å². The standard InChI is InChI=1S/C51H32N4O/c1-3-12-34(13-4-1)49-52-50(35-14-5-2-6-15-35)54-51(53-49)36-24-22-33(23-25-36)37-16-11-17-40(30-37)55-45-20-9-7-18-41(45)43-31-38(26-28-46(43)55)39-27-29-48-44(32-39)42-19-8-10-21-47(42)56-48/h1-32H. The minimum atomic E-state index is 0.640. The lowest BCUT2D eigenvalue weighted by molar-refractivity contribution is 0.669. The predicted molar refractivity (Wildman–Crippen MR) is 229 cm³/mol. The van der Waals surface area contributed by atoms with E-state index in [1.165, 1.54) is 21.9 Å². The number of aromatic nitrogens is 4. The van der Waals surface area contributed by atoms with E-state index in [0.29, 0.717) is 17.5 Å². The topological polar surface area (TPSA) is 56.7 Å². The van der Waals surface area contributed by atoms with Crippen molar-refractivity contribution in [1.29, 1.82) is 0 Å². The predicted octanol–water partition coefficient (Wildman–Crippen LogP) is 13.2. The number of nitrogens with zero attached hydrogens (tertiary/aromatic N) is 4. The van der Waals surface area contributed by atoms with Gasteiger partial charge in [0.25, 0.3) is 0 Å². The van der Waals surface area contributed by atoms with Crippen LogP contribution in [0.15, 0.2) is 199 Å². The number of furan rings is 1. The van der Waals surface area contributed by atoms with Gasteiger partial charge in [-0.1, -0.05) is 146 Å². The van der Waals surface area contributed by atoms with Crippen LogP contribution in [-0.2, 0) is 0 Å². The fourth-order valence-electron chi connectivity index (χ4n) is 7.91. The Bertz CT molecular complexity index is 3180. The SMILES string of the molecule is c1ccc(-c2nc(-c3ccccc3)nc(-c3ccc(-c4cccc(-n5c6ccccc6c6cc(-c7ccc8oc9ccccc9c8c7)ccc65)c4)cc3)n2)cc1. The summed E-state index contributed by atoms with van der Waals surface area (Å²) in [5.74, 6) is 1.94. The highest BCUT2D eigenvalue weighted by atomic mass is 16.3. The van der Waals surface area contributed by atoms with E-state index >= 15 is 0 Å². The number of hydrogen-bond acceptors (Lipinski definition) is 4. The van der Waals surface area contributed by atoms with Crippen LogP contribution in [0.5, 0.6) is 0 Å². The van der Waals surface area contributed by atoms with Gasteiger partial charge in [0.15, 0.2) is 17.5 Å². The molecule has 0 atom stereocenters. The number of rotatable bonds is 6. The van der Waals surface area contributed by atoms with Crippen LogP contribution in [0.1, 0.15) is 0 Å². The first-order valence-corrected chi connectivity index (χ1v) is 18.8. The van der Waals surface area contributed by atoms with Gasteiger partial charge in [-0.2, -0.15) is 0 Å². The van der Waals surface area contributed by atoms with Crippen molar-refractivity contribution in [2.45, 2.75) is 0 Å². The lowest BCUT2D eigenvalue weighted by atomic mass is 10.0. The highest BCUT2D eigenvalue weighted by Crippen LogP contribution is 2.38. The van der Waals surface area contributed by atoms with Crippen molar-refractivity contribution in [2.24, 2.45) is 0 Å². The quantitative estimate of drug-likeness (QED) is 0.172. The molecule has 0 amide bonds. The Morgan fingerprint density at radius 2 is 0.786 bits per heavy atom. The second-order valence-corrected chi connectivity index (χ2v) is 14.1. The van der Waals surface area contributed by atoms with Crippen molar-refractivity contribution in [1.82, 2.24) is 19.5 Å². The zero-order chi connectivity index (χ0) is 37.0. The van der Waals surface area contributed by atoms with E-state index in [1.54, 1.807) is 0 Å². The van der Waals surface area contributed by atoms with Crippen molar-refractivity contribution in [3.8, 4) is 62.1 Å². The summed E-state index contributed by atoms with van der Waals surface area (Å²) in [4.78, 5) is 14.7. The van der Waals surface area contributed by atoms with Crippen molar-refractivity contribution in [3.05, 3.63) is 194 Å². The van der Waals surface area contributed by atoms with Crippen LogP contribution in [0.25, 0.3) is 106 Å². The Hall–Kier alpha value is -7.63. The zero-order valence-corrected chi connectivity index (χ0v) is 30.2. The molecule has 3 aromatic heterocycles. The monoisotopic (exact) mass is 716 g/mol. The Labute approximate surface area is 322 Å². The maximum Gasteiger partial charge on any atom is 0.164 e. The molecule has 0 aliphatic carbocycles. The first kappa shape index (κ1) is 31.9. The molecule has 0 N–H and O–H groups in total. The van der Waals surface area contributed by atoms with Gasteiger partial charge in [-0.25, -0.2) is 15.0 Å². The lowest BCUT2D eigenvalue weighted by Crippen LogP contribution is -2.00. The average molecular weight is 717 g/mol. The van der Waals surface area contributed by atoms with E-state index in [0.717, 1.165) is 66.5 Å². The van der Waals surface area contributed by atoms with E-state index in [9.17, 15) is 0 Å². The maximum absolute atomic E-state index is 6.12. The largest absolute Gasteiger partial charge is 0.456 e. The van der Waals surface area contributed by atoms with Crippen LogP contribution in [0, 0.1) is 0 Å². The number of benzene rings is 8. The van der Waals surface area contributed by atoms with Gasteiger partial charge in [0, 0.05) is 43.9 Å². The molecule has 5 nitrogen and oxygen atoms in total. The minimum Gasteiger partial charge on any atom is -0.456 e. The lowest BCUT2D eigenvalue weighted by Gasteiger charge is -2.11. The van der Waals surface area contributed by atoms with E-state index < -0.39 is 0 Å². The molecule has 0 spiro atoms. The average Bonchev–Trinajstić information content (AvgIpc) is 3.82. The molecule has 8 aromatic carbocycles. The first-order chi connectivity index (χ1) is 27.7. The maximum atomic E-state index is 6.12. The second kappa shape index (κ2) is 13.0. The summed E-state index contributed by atoms with van der Waals surface area (Å²) in [7, 11) is 0. The molecular formula is C51H32N4O. The Balaban J connectivity index is 0.967. The summed E-state index contributed by atoms with van der Waals surface area (Å²) in [5.41, 5.74) is 12.7. The third-order valence-corrected chi connectivity index (χ3v) is 10.7. The molecule has 5 heteroatoms. The van der Waals surface area contributed by atoms with Crippen LogP contribution in [0.4, 0.5) is 0 Å². The molecule has 3 heterocycles. The molecule has 0 bridgehead atoms. The summed E-state index contributed by atoms with van der Waals surface area (Å²) < 4.78 is 8.49. The van der Waals surface area contributed by atoms with Crippen LogP contribution >= 0.6 is 0 Å². The summed E-state index contributed by atoms with van der Waals surface area (Å²) in [6.07, 6.45) is 0. The van der Waals surface area contributed by atoms with Crippen LogP contribution < -0.4 is 0 Å². The van der Waals surface area contributed by atoms with Crippen molar-refractivity contribution in [3.63, 3.8) is 0 Å². The fourth-order valence-corrected chi connectivity index (χ4v) is 7.91. The molecule has 0 radical (unpaired) electrons. The third kappa shape index (κ3) is 5.45. The molecule has 0 saturated heterocycles. The summed E-state index contributed by atoms with van der Waals surface area (Å²) in [5, 5.41) is 4.70. The summed E-state index contributed by atoms with van der Waals surface area (Å²) in [6.45, 7) is 0. The van der Waals surface area contributed by atoms with Gasteiger partial charge in [-0.3, -0.25) is 0 Å².